The maximum atomic E-state index is 12.1. The van der Waals surface area contributed by atoms with Gasteiger partial charge in [0.05, 0.1) is 5.56 Å². The van der Waals surface area contributed by atoms with E-state index in [9.17, 15) is 4.79 Å². The number of hydrogen-bond donors (Lipinski definition) is 2. The van der Waals surface area contributed by atoms with E-state index in [0.29, 0.717) is 11.3 Å². The smallest absolute Gasteiger partial charge is 0.253 e. The van der Waals surface area contributed by atoms with Crippen LogP contribution in [-0.2, 0) is 0 Å². The molecule has 21 heavy (non-hydrogen) atoms. The topological polar surface area (TPSA) is 58.4 Å². The zero-order chi connectivity index (χ0) is 13.7. The molecule has 0 spiro atoms. The molecule has 0 aliphatic carbocycles. The Hall–Kier alpha value is -0.970. The molecule has 120 valence electrons. The van der Waals surface area contributed by atoms with E-state index in [1.165, 1.54) is 19.3 Å². The van der Waals surface area contributed by atoms with Crippen LogP contribution in [0.2, 0.25) is 0 Å². The third-order valence-electron chi connectivity index (χ3n) is 3.56. The Morgan fingerprint density at radius 3 is 2.48 bits per heavy atom. The van der Waals surface area contributed by atoms with Gasteiger partial charge in [-0.25, -0.2) is 0 Å². The number of nitrogens with zero attached hydrogens (tertiary/aromatic N) is 1. The fourth-order valence-corrected chi connectivity index (χ4v) is 2.58. The molecule has 1 atom stereocenters. The van der Waals surface area contributed by atoms with Gasteiger partial charge in [0.1, 0.15) is 0 Å². The van der Waals surface area contributed by atoms with E-state index in [0.717, 1.165) is 19.6 Å². The second kappa shape index (κ2) is 9.87. The lowest BCUT2D eigenvalue weighted by molar-refractivity contribution is 0.0926. The molecule has 3 N–H and O–H groups in total. The molecule has 1 saturated heterocycles. The molecule has 1 heterocycles. The van der Waals surface area contributed by atoms with Crippen LogP contribution in [-0.4, -0.2) is 36.5 Å². The van der Waals surface area contributed by atoms with Crippen LogP contribution in [0.3, 0.4) is 0 Å². The van der Waals surface area contributed by atoms with Crippen molar-refractivity contribution in [3.8, 4) is 0 Å². The molecule has 1 aromatic carbocycles. The molecule has 1 aromatic rings. The molecule has 0 radical (unpaired) electrons. The van der Waals surface area contributed by atoms with Crippen molar-refractivity contribution in [2.24, 2.45) is 0 Å². The molecule has 0 bridgehead atoms. The number of piperidine rings is 1. The van der Waals surface area contributed by atoms with Crippen molar-refractivity contribution in [3.63, 3.8) is 0 Å². The Balaban J connectivity index is 0.00000200. The molecular formula is C15H25Cl2N3O. The fourth-order valence-electron chi connectivity index (χ4n) is 2.58. The van der Waals surface area contributed by atoms with Crippen molar-refractivity contribution in [1.29, 1.82) is 0 Å². The summed E-state index contributed by atoms with van der Waals surface area (Å²) in [4.78, 5) is 14.5. The SMILES string of the molecule is CC(CN1CCCCC1)NC(=O)c1ccccc1N.Cl.Cl. The molecule has 6 heteroatoms. The number of para-hydroxylation sites is 1. The van der Waals surface area contributed by atoms with Gasteiger partial charge in [-0.1, -0.05) is 18.6 Å². The van der Waals surface area contributed by atoms with E-state index >= 15 is 0 Å². The monoisotopic (exact) mass is 333 g/mol. The van der Waals surface area contributed by atoms with Crippen LogP contribution < -0.4 is 11.1 Å². The van der Waals surface area contributed by atoms with Crippen LogP contribution in [0.4, 0.5) is 5.69 Å². The Labute approximate surface area is 139 Å². The molecule has 0 saturated carbocycles. The van der Waals surface area contributed by atoms with Crippen LogP contribution >= 0.6 is 24.8 Å². The lowest BCUT2D eigenvalue weighted by Gasteiger charge is -2.29. The summed E-state index contributed by atoms with van der Waals surface area (Å²) < 4.78 is 0. The number of nitrogen functional groups attached to an aromatic ring is 1. The van der Waals surface area contributed by atoms with E-state index in [2.05, 4.69) is 10.2 Å². The highest BCUT2D eigenvalue weighted by Crippen LogP contribution is 2.11. The van der Waals surface area contributed by atoms with Gasteiger partial charge < -0.3 is 16.0 Å². The maximum absolute atomic E-state index is 12.1. The van der Waals surface area contributed by atoms with E-state index in [1.54, 1.807) is 12.1 Å². The number of amides is 1. The Kier molecular flexibility index (Phi) is 9.42. The number of carbonyl (C=O) groups is 1. The van der Waals surface area contributed by atoms with Crippen molar-refractivity contribution in [3.05, 3.63) is 29.8 Å². The Morgan fingerprint density at radius 1 is 1.24 bits per heavy atom. The van der Waals surface area contributed by atoms with Gasteiger partial charge in [0, 0.05) is 18.3 Å². The number of carbonyl (C=O) groups excluding carboxylic acids is 1. The first kappa shape index (κ1) is 20.0. The standard InChI is InChI=1S/C15H23N3O.2ClH/c1-12(11-18-9-5-2-6-10-18)17-15(19)13-7-3-4-8-14(13)16;;/h3-4,7-8,12H,2,5-6,9-11,16H2,1H3,(H,17,19);2*1H. The zero-order valence-electron chi connectivity index (χ0n) is 12.4. The van der Waals surface area contributed by atoms with Gasteiger partial charge in [-0.15, -0.1) is 24.8 Å². The summed E-state index contributed by atoms with van der Waals surface area (Å²) in [6.07, 6.45) is 3.87. The third-order valence-corrected chi connectivity index (χ3v) is 3.56. The lowest BCUT2D eigenvalue weighted by atomic mass is 10.1. The Morgan fingerprint density at radius 2 is 1.86 bits per heavy atom. The predicted octanol–water partition coefficient (Wildman–Crippen LogP) is 2.72. The summed E-state index contributed by atoms with van der Waals surface area (Å²) in [5.74, 6) is -0.0809. The van der Waals surface area contributed by atoms with Crippen LogP contribution in [0.15, 0.2) is 24.3 Å². The summed E-state index contributed by atoms with van der Waals surface area (Å²) in [6, 6.07) is 7.33. The normalized spacial score (nSPS) is 16.2. The second-order valence-corrected chi connectivity index (χ2v) is 5.32. The highest BCUT2D eigenvalue weighted by molar-refractivity contribution is 5.99. The number of anilines is 1. The van der Waals surface area contributed by atoms with E-state index in [1.807, 2.05) is 19.1 Å². The van der Waals surface area contributed by atoms with E-state index < -0.39 is 0 Å². The quantitative estimate of drug-likeness (QED) is 0.833. The number of nitrogens with two attached hydrogens (primary N) is 1. The summed E-state index contributed by atoms with van der Waals surface area (Å²) in [5, 5.41) is 3.02. The number of rotatable bonds is 4. The minimum atomic E-state index is -0.0809. The van der Waals surface area contributed by atoms with E-state index in [4.69, 9.17) is 5.73 Å². The first-order valence-corrected chi connectivity index (χ1v) is 7.04. The Bertz CT molecular complexity index is 437. The number of hydrogen-bond acceptors (Lipinski definition) is 3. The number of likely N-dealkylation sites (tertiary alicyclic amines) is 1. The van der Waals surface area contributed by atoms with Crippen LogP contribution in [0.25, 0.3) is 0 Å². The molecule has 1 unspecified atom stereocenters. The average molecular weight is 334 g/mol. The highest BCUT2D eigenvalue weighted by Gasteiger charge is 2.16. The summed E-state index contributed by atoms with van der Waals surface area (Å²) in [5.41, 5.74) is 6.91. The lowest BCUT2D eigenvalue weighted by Crippen LogP contribution is -2.43. The van der Waals surface area contributed by atoms with Gasteiger partial charge >= 0.3 is 0 Å². The van der Waals surface area contributed by atoms with Gasteiger partial charge in [-0.3, -0.25) is 4.79 Å². The second-order valence-electron chi connectivity index (χ2n) is 5.32. The molecule has 1 amide bonds. The molecule has 4 nitrogen and oxygen atoms in total. The molecule has 0 aromatic heterocycles. The first-order valence-electron chi connectivity index (χ1n) is 7.04. The molecule has 1 fully saturated rings. The van der Waals surface area contributed by atoms with Crippen molar-refractivity contribution < 1.29 is 4.79 Å². The fraction of sp³-hybridized carbons (Fsp3) is 0.533. The molecule has 1 aliphatic rings. The van der Waals surface area contributed by atoms with Gasteiger partial charge in [0.2, 0.25) is 0 Å². The third kappa shape index (κ3) is 6.12. The summed E-state index contributed by atoms with van der Waals surface area (Å²) in [6.45, 7) is 5.26. The average Bonchev–Trinajstić information content (AvgIpc) is 2.40. The molecule has 2 rings (SSSR count). The van der Waals surface area contributed by atoms with Crippen molar-refractivity contribution in [2.75, 3.05) is 25.4 Å². The number of halogens is 2. The van der Waals surface area contributed by atoms with Crippen molar-refractivity contribution >= 4 is 36.4 Å². The van der Waals surface area contributed by atoms with Gasteiger partial charge in [0.25, 0.3) is 5.91 Å². The number of nitrogens with one attached hydrogen (secondary N) is 1. The minimum Gasteiger partial charge on any atom is -0.398 e. The summed E-state index contributed by atoms with van der Waals surface area (Å²) >= 11 is 0. The zero-order valence-corrected chi connectivity index (χ0v) is 14.0. The largest absolute Gasteiger partial charge is 0.398 e. The van der Waals surface area contributed by atoms with Gasteiger partial charge in [0.15, 0.2) is 0 Å². The molecular weight excluding hydrogens is 309 g/mol. The van der Waals surface area contributed by atoms with Crippen LogP contribution in [0, 0.1) is 0 Å². The first-order chi connectivity index (χ1) is 9.16. The maximum Gasteiger partial charge on any atom is 0.253 e. The van der Waals surface area contributed by atoms with Crippen molar-refractivity contribution in [1.82, 2.24) is 10.2 Å². The van der Waals surface area contributed by atoms with Crippen molar-refractivity contribution in [2.45, 2.75) is 32.2 Å². The predicted molar refractivity (Wildman–Crippen MR) is 92.6 cm³/mol. The van der Waals surface area contributed by atoms with E-state index in [-0.39, 0.29) is 36.8 Å². The molecule has 1 aliphatic heterocycles. The number of benzene rings is 1. The highest BCUT2D eigenvalue weighted by atomic mass is 35.5. The van der Waals surface area contributed by atoms with Gasteiger partial charge in [-0.2, -0.15) is 0 Å². The van der Waals surface area contributed by atoms with Gasteiger partial charge in [-0.05, 0) is 45.0 Å². The summed E-state index contributed by atoms with van der Waals surface area (Å²) in [7, 11) is 0. The minimum absolute atomic E-state index is 0. The van der Waals surface area contributed by atoms with Crippen LogP contribution in [0.1, 0.15) is 36.5 Å². The van der Waals surface area contributed by atoms with Crippen LogP contribution in [0.5, 0.6) is 0 Å².